The number of guanidine groups is 1. The number of para-hydroxylation sites is 2. The minimum Gasteiger partial charge on any atom is -0.379 e. The maximum absolute atomic E-state index is 11.0. The molecule has 0 saturated carbocycles. The summed E-state index contributed by atoms with van der Waals surface area (Å²) in [6.45, 7) is 6.40. The lowest BCUT2D eigenvalue weighted by atomic mass is 10.2. The molecule has 0 radical (unpaired) electrons. The number of hydrogen-bond donors (Lipinski definition) is 3. The van der Waals surface area contributed by atoms with Crippen LogP contribution in [0.5, 0.6) is 0 Å². The van der Waals surface area contributed by atoms with Crippen molar-refractivity contribution in [3.05, 3.63) is 34.4 Å². The lowest BCUT2D eigenvalue weighted by molar-refractivity contribution is -0.384. The molecular weight excluding hydrogens is 350 g/mol. The third kappa shape index (κ3) is 10.4. The number of nitro groups is 1. The molecule has 0 heterocycles. The average molecular weight is 381 g/mol. The summed E-state index contributed by atoms with van der Waals surface area (Å²) in [5, 5.41) is 20.3. The van der Waals surface area contributed by atoms with Crippen LogP contribution in [0.4, 0.5) is 11.4 Å². The number of nitro benzene ring substituents is 1. The van der Waals surface area contributed by atoms with Gasteiger partial charge in [0.2, 0.25) is 0 Å². The molecule has 152 valence electrons. The van der Waals surface area contributed by atoms with Crippen molar-refractivity contribution in [2.24, 2.45) is 4.99 Å². The largest absolute Gasteiger partial charge is 0.379 e. The Morgan fingerprint density at radius 1 is 1.07 bits per heavy atom. The summed E-state index contributed by atoms with van der Waals surface area (Å²) < 4.78 is 10.9. The number of aliphatic imine (C=N–C) groups is 1. The van der Waals surface area contributed by atoms with Gasteiger partial charge in [-0.1, -0.05) is 25.5 Å². The molecular formula is C18H31N5O4. The quantitative estimate of drug-likeness (QED) is 0.149. The summed E-state index contributed by atoms with van der Waals surface area (Å²) >= 11 is 0. The Balaban J connectivity index is 2.11. The molecule has 0 fully saturated rings. The highest BCUT2D eigenvalue weighted by Gasteiger charge is 2.11. The first-order valence-corrected chi connectivity index (χ1v) is 9.26. The molecule has 0 aliphatic heterocycles. The number of nitrogens with zero attached hydrogens (tertiary/aromatic N) is 2. The molecule has 1 rings (SSSR count). The summed E-state index contributed by atoms with van der Waals surface area (Å²) in [5.41, 5.74) is 0.567. The zero-order chi connectivity index (χ0) is 19.7. The fourth-order valence-electron chi connectivity index (χ4n) is 2.19. The van der Waals surface area contributed by atoms with Crippen LogP contribution in [-0.4, -0.2) is 64.0 Å². The smallest absolute Gasteiger partial charge is 0.292 e. The lowest BCUT2D eigenvalue weighted by Crippen LogP contribution is -2.41. The van der Waals surface area contributed by atoms with Gasteiger partial charge in [-0.15, -0.1) is 0 Å². The molecule has 0 unspecified atom stereocenters. The summed E-state index contributed by atoms with van der Waals surface area (Å²) in [6, 6.07) is 6.57. The van der Waals surface area contributed by atoms with Crippen molar-refractivity contribution in [2.45, 2.75) is 19.8 Å². The number of benzene rings is 1. The standard InChI is InChI=1S/C18H31N5O4/c1-3-4-12-26-14-15-27-13-11-22-18(19-2)21-10-9-20-16-7-5-6-8-17(16)23(24)25/h5-8,20H,3-4,9-15H2,1-2H3,(H2,19,21,22). The monoisotopic (exact) mass is 381 g/mol. The van der Waals surface area contributed by atoms with Crippen molar-refractivity contribution in [1.82, 2.24) is 10.6 Å². The van der Waals surface area contributed by atoms with E-state index in [0.717, 1.165) is 19.4 Å². The Morgan fingerprint density at radius 3 is 2.48 bits per heavy atom. The minimum absolute atomic E-state index is 0.0656. The fourth-order valence-corrected chi connectivity index (χ4v) is 2.19. The lowest BCUT2D eigenvalue weighted by Gasteiger charge is -2.13. The molecule has 27 heavy (non-hydrogen) atoms. The van der Waals surface area contributed by atoms with Crippen LogP contribution < -0.4 is 16.0 Å². The highest BCUT2D eigenvalue weighted by molar-refractivity contribution is 5.79. The maximum Gasteiger partial charge on any atom is 0.292 e. The third-order valence-corrected chi connectivity index (χ3v) is 3.61. The minimum atomic E-state index is -0.398. The first-order valence-electron chi connectivity index (χ1n) is 9.26. The van der Waals surface area contributed by atoms with Gasteiger partial charge in [-0.3, -0.25) is 15.1 Å². The van der Waals surface area contributed by atoms with Crippen molar-refractivity contribution >= 4 is 17.3 Å². The van der Waals surface area contributed by atoms with Crippen LogP contribution in [0.2, 0.25) is 0 Å². The highest BCUT2D eigenvalue weighted by Crippen LogP contribution is 2.22. The molecule has 1 aromatic carbocycles. The fraction of sp³-hybridized carbons (Fsp3) is 0.611. The highest BCUT2D eigenvalue weighted by atomic mass is 16.6. The van der Waals surface area contributed by atoms with Crippen LogP contribution in [0.25, 0.3) is 0 Å². The molecule has 0 spiro atoms. The number of rotatable bonds is 14. The van der Waals surface area contributed by atoms with E-state index in [1.54, 1.807) is 25.2 Å². The topological polar surface area (TPSA) is 110 Å². The maximum atomic E-state index is 11.0. The van der Waals surface area contributed by atoms with Gasteiger partial charge >= 0.3 is 0 Å². The summed E-state index contributed by atoms with van der Waals surface area (Å²) in [7, 11) is 1.69. The van der Waals surface area contributed by atoms with Crippen molar-refractivity contribution < 1.29 is 14.4 Å². The predicted molar refractivity (Wildman–Crippen MR) is 107 cm³/mol. The van der Waals surface area contributed by atoms with Crippen molar-refractivity contribution in [2.75, 3.05) is 58.4 Å². The predicted octanol–water partition coefficient (Wildman–Crippen LogP) is 2.01. The Bertz CT molecular complexity index is 568. The second kappa shape index (κ2) is 14.7. The van der Waals surface area contributed by atoms with Crippen LogP contribution >= 0.6 is 0 Å². The number of unbranched alkanes of at least 4 members (excludes halogenated alkanes) is 1. The summed E-state index contributed by atoms with van der Waals surface area (Å²) in [5.74, 6) is 0.655. The average Bonchev–Trinajstić information content (AvgIpc) is 2.68. The van der Waals surface area contributed by atoms with Crippen LogP contribution in [0, 0.1) is 10.1 Å². The SMILES string of the molecule is CCCCOCCOCCNC(=NC)NCCNc1ccccc1[N+](=O)[O-]. The van der Waals surface area contributed by atoms with E-state index in [2.05, 4.69) is 27.9 Å². The van der Waals surface area contributed by atoms with Crippen molar-refractivity contribution in [3.63, 3.8) is 0 Å². The number of hydrogen-bond acceptors (Lipinski definition) is 6. The second-order valence-corrected chi connectivity index (χ2v) is 5.71. The van der Waals surface area contributed by atoms with Gasteiger partial charge in [0.05, 0.1) is 24.7 Å². The Labute approximate surface area is 160 Å². The van der Waals surface area contributed by atoms with Crippen LogP contribution in [0.15, 0.2) is 29.3 Å². The Morgan fingerprint density at radius 2 is 1.78 bits per heavy atom. The molecule has 1 aromatic rings. The third-order valence-electron chi connectivity index (χ3n) is 3.61. The molecule has 9 nitrogen and oxygen atoms in total. The van der Waals surface area contributed by atoms with E-state index in [1.807, 2.05) is 0 Å². The number of nitrogens with one attached hydrogen (secondary N) is 3. The molecule has 0 bridgehead atoms. The van der Waals surface area contributed by atoms with Gasteiger partial charge in [-0.2, -0.15) is 0 Å². The van der Waals surface area contributed by atoms with Gasteiger partial charge in [0.15, 0.2) is 5.96 Å². The molecule has 0 aliphatic carbocycles. The van der Waals surface area contributed by atoms with Gasteiger partial charge < -0.3 is 25.4 Å². The van der Waals surface area contributed by atoms with E-state index in [9.17, 15) is 10.1 Å². The van der Waals surface area contributed by atoms with Gasteiger partial charge in [0.25, 0.3) is 5.69 Å². The van der Waals surface area contributed by atoms with E-state index in [0.29, 0.717) is 51.1 Å². The van der Waals surface area contributed by atoms with Crippen molar-refractivity contribution in [1.29, 1.82) is 0 Å². The molecule has 0 saturated heterocycles. The Hall–Kier alpha value is -2.39. The van der Waals surface area contributed by atoms with Gasteiger partial charge in [-0.25, -0.2) is 0 Å². The van der Waals surface area contributed by atoms with Gasteiger partial charge in [0, 0.05) is 39.4 Å². The van der Waals surface area contributed by atoms with E-state index in [4.69, 9.17) is 9.47 Å². The van der Waals surface area contributed by atoms with E-state index >= 15 is 0 Å². The van der Waals surface area contributed by atoms with E-state index in [1.165, 1.54) is 6.07 Å². The van der Waals surface area contributed by atoms with E-state index in [-0.39, 0.29) is 5.69 Å². The number of ether oxygens (including phenoxy) is 2. The normalized spacial score (nSPS) is 11.3. The summed E-state index contributed by atoms with van der Waals surface area (Å²) in [6.07, 6.45) is 2.21. The van der Waals surface area contributed by atoms with Gasteiger partial charge in [0.1, 0.15) is 5.69 Å². The van der Waals surface area contributed by atoms with Crippen molar-refractivity contribution in [3.8, 4) is 0 Å². The van der Waals surface area contributed by atoms with Crippen LogP contribution in [0.3, 0.4) is 0 Å². The molecule has 0 aliphatic rings. The number of anilines is 1. The van der Waals surface area contributed by atoms with Crippen LogP contribution in [0.1, 0.15) is 19.8 Å². The Kier molecular flexibility index (Phi) is 12.4. The summed E-state index contributed by atoms with van der Waals surface area (Å²) in [4.78, 5) is 14.7. The zero-order valence-electron chi connectivity index (χ0n) is 16.2. The van der Waals surface area contributed by atoms with Gasteiger partial charge in [-0.05, 0) is 12.5 Å². The first kappa shape index (κ1) is 22.7. The molecule has 0 aromatic heterocycles. The first-order chi connectivity index (χ1) is 13.2. The second-order valence-electron chi connectivity index (χ2n) is 5.71. The molecule has 0 amide bonds. The van der Waals surface area contributed by atoms with Crippen LogP contribution in [-0.2, 0) is 9.47 Å². The molecule has 3 N–H and O–H groups in total. The molecule has 9 heteroatoms. The van der Waals surface area contributed by atoms with E-state index < -0.39 is 4.92 Å². The molecule has 0 atom stereocenters. The zero-order valence-corrected chi connectivity index (χ0v) is 16.2.